The molecule has 0 spiro atoms. The average Bonchev–Trinajstić information content (AvgIpc) is 3.18. The standard InChI is InChI=1S/C13H23N3O2S/c1-19(17,18)16-9-2-4-12(11-16)10-15(8-3-7-14)13-5-6-13/h12-13H,2-6,8-11H2,1H3. The van der Waals surface area contributed by atoms with Gasteiger partial charge in [0.1, 0.15) is 0 Å². The van der Waals surface area contributed by atoms with Gasteiger partial charge in [-0.15, -0.1) is 0 Å². The summed E-state index contributed by atoms with van der Waals surface area (Å²) in [6, 6.07) is 2.84. The molecule has 0 aromatic rings. The van der Waals surface area contributed by atoms with Gasteiger partial charge in [-0.05, 0) is 31.6 Å². The Labute approximate surface area is 116 Å². The fraction of sp³-hybridized carbons (Fsp3) is 0.923. The molecule has 108 valence electrons. The van der Waals surface area contributed by atoms with E-state index in [2.05, 4.69) is 11.0 Å². The van der Waals surface area contributed by atoms with Crippen LogP contribution in [0.1, 0.15) is 32.1 Å². The molecule has 0 aromatic heterocycles. The molecule has 0 bridgehead atoms. The zero-order chi connectivity index (χ0) is 13.9. The van der Waals surface area contributed by atoms with Crippen LogP contribution in [0.2, 0.25) is 0 Å². The van der Waals surface area contributed by atoms with Crippen molar-refractivity contribution in [2.75, 3.05) is 32.4 Å². The predicted octanol–water partition coefficient (Wildman–Crippen LogP) is 1.04. The SMILES string of the molecule is CS(=O)(=O)N1CCCC(CN(CCC#N)C2CC2)C1. The lowest BCUT2D eigenvalue weighted by Crippen LogP contribution is -2.44. The molecular formula is C13H23N3O2S. The fourth-order valence-corrected chi connectivity index (χ4v) is 3.81. The monoisotopic (exact) mass is 285 g/mol. The summed E-state index contributed by atoms with van der Waals surface area (Å²) in [7, 11) is -3.05. The number of hydrogen-bond acceptors (Lipinski definition) is 4. The topological polar surface area (TPSA) is 64.4 Å². The van der Waals surface area contributed by atoms with Crippen molar-refractivity contribution in [3.8, 4) is 6.07 Å². The molecule has 6 heteroatoms. The van der Waals surface area contributed by atoms with Crippen molar-refractivity contribution in [2.24, 2.45) is 5.92 Å². The van der Waals surface area contributed by atoms with Gasteiger partial charge in [-0.2, -0.15) is 5.26 Å². The van der Waals surface area contributed by atoms with Crippen molar-refractivity contribution in [1.29, 1.82) is 5.26 Å². The number of nitriles is 1. The van der Waals surface area contributed by atoms with Gasteiger partial charge in [0, 0.05) is 38.6 Å². The Kier molecular flexibility index (Phi) is 4.82. The molecule has 2 aliphatic rings. The average molecular weight is 285 g/mol. The molecule has 1 saturated heterocycles. The summed E-state index contributed by atoms with van der Waals surface area (Å²) in [6.07, 6.45) is 6.38. The number of rotatable bonds is 6. The molecule has 2 rings (SSSR count). The second-order valence-electron chi connectivity index (χ2n) is 5.76. The van der Waals surface area contributed by atoms with Crippen LogP contribution in [0.4, 0.5) is 0 Å². The molecule has 1 aliphatic carbocycles. The molecule has 5 nitrogen and oxygen atoms in total. The summed E-state index contributed by atoms with van der Waals surface area (Å²) in [5.41, 5.74) is 0. The van der Waals surface area contributed by atoms with E-state index >= 15 is 0 Å². The largest absolute Gasteiger partial charge is 0.299 e. The van der Waals surface area contributed by atoms with Crippen molar-refractivity contribution in [3.63, 3.8) is 0 Å². The molecule has 1 saturated carbocycles. The third kappa shape index (κ3) is 4.44. The van der Waals surface area contributed by atoms with Crippen molar-refractivity contribution < 1.29 is 8.42 Å². The van der Waals surface area contributed by atoms with Crippen LogP contribution in [0.15, 0.2) is 0 Å². The zero-order valence-electron chi connectivity index (χ0n) is 11.6. The number of nitrogens with zero attached hydrogens (tertiary/aromatic N) is 3. The molecule has 0 N–H and O–H groups in total. The quantitative estimate of drug-likeness (QED) is 0.731. The second-order valence-corrected chi connectivity index (χ2v) is 7.75. The van der Waals surface area contributed by atoms with Gasteiger partial charge in [-0.3, -0.25) is 4.90 Å². The summed E-state index contributed by atoms with van der Waals surface area (Å²) in [6.45, 7) is 3.08. The molecule has 1 unspecified atom stereocenters. The van der Waals surface area contributed by atoms with Gasteiger partial charge >= 0.3 is 0 Å². The van der Waals surface area contributed by atoms with Crippen LogP contribution in [0.25, 0.3) is 0 Å². The Morgan fingerprint density at radius 1 is 1.37 bits per heavy atom. The minimum absolute atomic E-state index is 0.419. The minimum Gasteiger partial charge on any atom is -0.299 e. The molecule has 1 aliphatic heterocycles. The Hall–Kier alpha value is -0.640. The van der Waals surface area contributed by atoms with Gasteiger partial charge in [0.25, 0.3) is 0 Å². The highest BCUT2D eigenvalue weighted by molar-refractivity contribution is 7.88. The molecule has 19 heavy (non-hydrogen) atoms. The summed E-state index contributed by atoms with van der Waals surface area (Å²) in [4.78, 5) is 2.39. The van der Waals surface area contributed by atoms with Gasteiger partial charge in [0.15, 0.2) is 0 Å². The Morgan fingerprint density at radius 3 is 2.68 bits per heavy atom. The zero-order valence-corrected chi connectivity index (χ0v) is 12.4. The van der Waals surface area contributed by atoms with E-state index < -0.39 is 10.0 Å². The normalized spacial score (nSPS) is 25.4. The van der Waals surface area contributed by atoms with E-state index in [-0.39, 0.29) is 0 Å². The van der Waals surface area contributed by atoms with E-state index in [4.69, 9.17) is 5.26 Å². The number of hydrogen-bond donors (Lipinski definition) is 0. The summed E-state index contributed by atoms with van der Waals surface area (Å²) in [5.74, 6) is 0.419. The lowest BCUT2D eigenvalue weighted by atomic mass is 9.99. The van der Waals surface area contributed by atoms with E-state index in [0.717, 1.165) is 25.9 Å². The first-order valence-corrected chi connectivity index (χ1v) is 8.91. The first kappa shape index (κ1) is 14.8. The molecule has 1 heterocycles. The van der Waals surface area contributed by atoms with Crippen LogP contribution in [0.3, 0.4) is 0 Å². The molecule has 0 radical (unpaired) electrons. The van der Waals surface area contributed by atoms with E-state index in [1.165, 1.54) is 19.1 Å². The smallest absolute Gasteiger partial charge is 0.211 e. The summed E-state index contributed by atoms with van der Waals surface area (Å²) in [5, 5.41) is 8.71. The van der Waals surface area contributed by atoms with E-state index in [1.807, 2.05) is 0 Å². The maximum Gasteiger partial charge on any atom is 0.211 e. The van der Waals surface area contributed by atoms with Gasteiger partial charge < -0.3 is 0 Å². The minimum atomic E-state index is -3.05. The van der Waals surface area contributed by atoms with Gasteiger partial charge in [-0.25, -0.2) is 12.7 Å². The molecule has 0 amide bonds. The van der Waals surface area contributed by atoms with E-state index in [0.29, 0.717) is 31.5 Å². The van der Waals surface area contributed by atoms with Crippen molar-refractivity contribution in [3.05, 3.63) is 0 Å². The summed E-state index contributed by atoms with van der Waals surface area (Å²) < 4.78 is 24.8. The molecule has 2 fully saturated rings. The first-order valence-electron chi connectivity index (χ1n) is 7.07. The highest BCUT2D eigenvalue weighted by atomic mass is 32.2. The predicted molar refractivity (Wildman–Crippen MR) is 74.0 cm³/mol. The third-order valence-corrected chi connectivity index (χ3v) is 5.29. The van der Waals surface area contributed by atoms with Crippen LogP contribution in [0.5, 0.6) is 0 Å². The van der Waals surface area contributed by atoms with Gasteiger partial charge in [0.05, 0.1) is 12.3 Å². The van der Waals surface area contributed by atoms with Crippen molar-refractivity contribution in [1.82, 2.24) is 9.21 Å². The van der Waals surface area contributed by atoms with Crippen LogP contribution < -0.4 is 0 Å². The van der Waals surface area contributed by atoms with Crippen molar-refractivity contribution in [2.45, 2.75) is 38.1 Å². The van der Waals surface area contributed by atoms with Crippen LogP contribution in [-0.4, -0.2) is 56.1 Å². The Bertz CT molecular complexity index is 439. The highest BCUT2D eigenvalue weighted by Crippen LogP contribution is 2.29. The maximum absolute atomic E-state index is 11.6. The van der Waals surface area contributed by atoms with Crippen molar-refractivity contribution >= 4 is 10.0 Å². The van der Waals surface area contributed by atoms with Crippen LogP contribution in [0, 0.1) is 17.2 Å². The second kappa shape index (κ2) is 6.21. The Morgan fingerprint density at radius 2 is 2.11 bits per heavy atom. The fourth-order valence-electron chi connectivity index (χ4n) is 2.86. The van der Waals surface area contributed by atoms with E-state index in [1.54, 1.807) is 4.31 Å². The van der Waals surface area contributed by atoms with Crippen LogP contribution >= 0.6 is 0 Å². The molecular weight excluding hydrogens is 262 g/mol. The highest BCUT2D eigenvalue weighted by Gasteiger charge is 2.32. The Balaban J connectivity index is 1.88. The van der Waals surface area contributed by atoms with E-state index in [9.17, 15) is 8.42 Å². The molecule has 1 atom stereocenters. The summed E-state index contributed by atoms with van der Waals surface area (Å²) >= 11 is 0. The van der Waals surface area contributed by atoms with Crippen LogP contribution in [-0.2, 0) is 10.0 Å². The lowest BCUT2D eigenvalue weighted by Gasteiger charge is -2.34. The third-order valence-electron chi connectivity index (χ3n) is 4.02. The maximum atomic E-state index is 11.6. The number of piperidine rings is 1. The number of sulfonamides is 1. The van der Waals surface area contributed by atoms with Gasteiger partial charge in [-0.1, -0.05) is 0 Å². The first-order chi connectivity index (χ1) is 9.00. The van der Waals surface area contributed by atoms with Gasteiger partial charge in [0.2, 0.25) is 10.0 Å². The lowest BCUT2D eigenvalue weighted by molar-refractivity contribution is 0.174. The molecule has 0 aromatic carbocycles.